The van der Waals surface area contributed by atoms with E-state index in [1.54, 1.807) is 12.1 Å². The molecule has 6 nitrogen and oxygen atoms in total. The molecule has 1 aromatic heterocycles. The highest BCUT2D eigenvalue weighted by atomic mass is 19.1. The van der Waals surface area contributed by atoms with E-state index in [4.69, 9.17) is 0 Å². The highest BCUT2D eigenvalue weighted by molar-refractivity contribution is 5.77. The summed E-state index contributed by atoms with van der Waals surface area (Å²) in [6.45, 7) is 0.434. The predicted octanol–water partition coefficient (Wildman–Crippen LogP) is 2.22. The lowest BCUT2D eigenvalue weighted by Gasteiger charge is -2.18. The van der Waals surface area contributed by atoms with Gasteiger partial charge in [0.15, 0.2) is 5.82 Å². The first-order valence-corrected chi connectivity index (χ1v) is 8.02. The van der Waals surface area contributed by atoms with E-state index in [-0.39, 0.29) is 24.1 Å². The van der Waals surface area contributed by atoms with Crippen molar-refractivity contribution >= 4 is 5.91 Å². The minimum atomic E-state index is -0.292. The fourth-order valence-corrected chi connectivity index (χ4v) is 2.67. The van der Waals surface area contributed by atoms with Crippen LogP contribution in [0, 0.1) is 5.82 Å². The number of H-pyrrole nitrogens is 1. The molecule has 1 atom stereocenters. The van der Waals surface area contributed by atoms with E-state index in [1.165, 1.54) is 12.1 Å². The average molecular weight is 339 g/mol. The van der Waals surface area contributed by atoms with Gasteiger partial charge in [-0.05, 0) is 23.3 Å². The van der Waals surface area contributed by atoms with Crippen LogP contribution in [0.5, 0.6) is 0 Å². The van der Waals surface area contributed by atoms with Crippen LogP contribution in [-0.2, 0) is 11.2 Å². The molecule has 0 aliphatic rings. The molecule has 7 heteroatoms. The number of carbonyl (C=O) groups excluding carboxylic acids is 1. The number of amides is 1. The van der Waals surface area contributed by atoms with Crippen molar-refractivity contribution in [2.24, 2.45) is 0 Å². The van der Waals surface area contributed by atoms with Gasteiger partial charge in [-0.15, -0.1) is 10.2 Å². The lowest BCUT2D eigenvalue weighted by molar-refractivity contribution is -0.121. The maximum absolute atomic E-state index is 13.2. The molecule has 1 amide bonds. The van der Waals surface area contributed by atoms with E-state index in [0.29, 0.717) is 18.8 Å². The summed E-state index contributed by atoms with van der Waals surface area (Å²) in [7, 11) is 0. The van der Waals surface area contributed by atoms with Crippen LogP contribution in [0.15, 0.2) is 54.6 Å². The van der Waals surface area contributed by atoms with Crippen LogP contribution in [0.25, 0.3) is 0 Å². The SMILES string of the molecule is O=C(CC(c1ccccc1)c1ccc(F)cc1)NCCc1nn[nH]n1. The van der Waals surface area contributed by atoms with Gasteiger partial charge in [-0.1, -0.05) is 47.7 Å². The van der Waals surface area contributed by atoms with Crippen molar-refractivity contribution < 1.29 is 9.18 Å². The maximum Gasteiger partial charge on any atom is 0.220 e. The van der Waals surface area contributed by atoms with Crippen LogP contribution < -0.4 is 5.32 Å². The molecule has 0 spiro atoms. The van der Waals surface area contributed by atoms with E-state index in [1.807, 2.05) is 30.3 Å². The zero-order valence-corrected chi connectivity index (χ0v) is 13.5. The zero-order valence-electron chi connectivity index (χ0n) is 13.5. The summed E-state index contributed by atoms with van der Waals surface area (Å²) in [5.41, 5.74) is 1.92. The van der Waals surface area contributed by atoms with E-state index in [2.05, 4.69) is 25.9 Å². The first-order chi connectivity index (χ1) is 12.2. The van der Waals surface area contributed by atoms with Gasteiger partial charge in [-0.3, -0.25) is 4.79 Å². The van der Waals surface area contributed by atoms with Crippen LogP contribution in [0.4, 0.5) is 4.39 Å². The van der Waals surface area contributed by atoms with E-state index in [0.717, 1.165) is 11.1 Å². The molecule has 3 rings (SSSR count). The fourth-order valence-electron chi connectivity index (χ4n) is 2.67. The number of aromatic nitrogens is 4. The molecule has 0 fully saturated rings. The normalized spacial score (nSPS) is 11.9. The number of halogens is 1. The third kappa shape index (κ3) is 4.69. The number of nitrogens with one attached hydrogen (secondary N) is 2. The average Bonchev–Trinajstić information content (AvgIpc) is 3.15. The molecule has 0 aliphatic heterocycles. The van der Waals surface area contributed by atoms with Gasteiger partial charge in [-0.2, -0.15) is 5.21 Å². The third-order valence-corrected chi connectivity index (χ3v) is 3.92. The second-order valence-corrected chi connectivity index (χ2v) is 5.65. The lowest BCUT2D eigenvalue weighted by atomic mass is 9.88. The van der Waals surface area contributed by atoms with Crippen molar-refractivity contribution in [3.05, 3.63) is 77.4 Å². The molecule has 0 aliphatic carbocycles. The van der Waals surface area contributed by atoms with Gasteiger partial charge in [-0.25, -0.2) is 4.39 Å². The summed E-state index contributed by atoms with van der Waals surface area (Å²) in [5.74, 6) is 0.0483. The largest absolute Gasteiger partial charge is 0.356 e. The second-order valence-electron chi connectivity index (χ2n) is 5.65. The Morgan fingerprint density at radius 1 is 1.08 bits per heavy atom. The number of aromatic amines is 1. The van der Waals surface area contributed by atoms with Gasteiger partial charge in [0.1, 0.15) is 5.82 Å². The van der Waals surface area contributed by atoms with Crippen LogP contribution in [0.1, 0.15) is 29.3 Å². The molecule has 2 aromatic carbocycles. The highest BCUT2D eigenvalue weighted by Crippen LogP contribution is 2.28. The van der Waals surface area contributed by atoms with E-state index < -0.39 is 0 Å². The third-order valence-electron chi connectivity index (χ3n) is 3.92. The Bertz CT molecular complexity index is 790. The molecular formula is C18H18FN5O. The van der Waals surface area contributed by atoms with Crippen molar-refractivity contribution in [2.75, 3.05) is 6.54 Å². The van der Waals surface area contributed by atoms with Gasteiger partial charge in [0, 0.05) is 25.3 Å². The van der Waals surface area contributed by atoms with Crippen molar-refractivity contribution in [1.29, 1.82) is 0 Å². The van der Waals surface area contributed by atoms with Crippen LogP contribution in [0.2, 0.25) is 0 Å². The fraction of sp³-hybridized carbons (Fsp3) is 0.222. The molecule has 0 radical (unpaired) electrons. The molecule has 0 saturated carbocycles. The Labute approximate surface area is 144 Å². The number of benzene rings is 2. The van der Waals surface area contributed by atoms with Crippen molar-refractivity contribution in [3.8, 4) is 0 Å². The number of rotatable bonds is 7. The van der Waals surface area contributed by atoms with Gasteiger partial charge < -0.3 is 5.32 Å². The summed E-state index contributed by atoms with van der Waals surface area (Å²) >= 11 is 0. The van der Waals surface area contributed by atoms with Crippen molar-refractivity contribution in [2.45, 2.75) is 18.8 Å². The number of hydrogen-bond acceptors (Lipinski definition) is 4. The highest BCUT2D eigenvalue weighted by Gasteiger charge is 2.18. The van der Waals surface area contributed by atoms with Gasteiger partial charge in [0.25, 0.3) is 0 Å². The smallest absolute Gasteiger partial charge is 0.220 e. The number of nitrogens with zero attached hydrogens (tertiary/aromatic N) is 3. The molecule has 2 N–H and O–H groups in total. The molecule has 0 saturated heterocycles. The van der Waals surface area contributed by atoms with Gasteiger partial charge in [0.05, 0.1) is 0 Å². The van der Waals surface area contributed by atoms with Crippen molar-refractivity contribution in [3.63, 3.8) is 0 Å². The topological polar surface area (TPSA) is 83.6 Å². The number of hydrogen-bond donors (Lipinski definition) is 2. The molecule has 128 valence electrons. The van der Waals surface area contributed by atoms with Gasteiger partial charge in [0.2, 0.25) is 5.91 Å². The molecule has 1 unspecified atom stereocenters. The summed E-state index contributed by atoms with van der Waals surface area (Å²) < 4.78 is 13.2. The molecule has 0 bridgehead atoms. The minimum Gasteiger partial charge on any atom is -0.356 e. The Morgan fingerprint density at radius 3 is 2.48 bits per heavy atom. The molecule has 3 aromatic rings. The lowest BCUT2D eigenvalue weighted by Crippen LogP contribution is -2.27. The first kappa shape index (κ1) is 16.8. The summed E-state index contributed by atoms with van der Waals surface area (Å²) in [6, 6.07) is 16.0. The standard InChI is InChI=1S/C18H18FN5O/c19-15-8-6-14(7-9-15)16(13-4-2-1-3-5-13)12-18(25)20-11-10-17-21-23-24-22-17/h1-9,16H,10-12H2,(H,20,25)(H,21,22,23,24). The monoisotopic (exact) mass is 339 g/mol. The molecule has 1 heterocycles. The first-order valence-electron chi connectivity index (χ1n) is 8.02. The van der Waals surface area contributed by atoms with Gasteiger partial charge >= 0.3 is 0 Å². The van der Waals surface area contributed by atoms with E-state index >= 15 is 0 Å². The maximum atomic E-state index is 13.2. The van der Waals surface area contributed by atoms with Crippen LogP contribution in [-0.4, -0.2) is 33.1 Å². The Kier molecular flexibility index (Phi) is 5.46. The molecular weight excluding hydrogens is 321 g/mol. The van der Waals surface area contributed by atoms with E-state index in [9.17, 15) is 9.18 Å². The zero-order chi connectivity index (χ0) is 17.5. The minimum absolute atomic E-state index is 0.0818. The quantitative estimate of drug-likeness (QED) is 0.691. The second kappa shape index (κ2) is 8.14. The Hall–Kier alpha value is -3.09. The number of carbonyl (C=O) groups is 1. The predicted molar refractivity (Wildman–Crippen MR) is 90.2 cm³/mol. The van der Waals surface area contributed by atoms with Crippen molar-refractivity contribution in [1.82, 2.24) is 25.9 Å². The summed E-state index contributed by atoms with van der Waals surface area (Å²) in [6.07, 6.45) is 0.788. The van der Waals surface area contributed by atoms with Crippen LogP contribution >= 0.6 is 0 Å². The Balaban J connectivity index is 1.67. The molecule has 25 heavy (non-hydrogen) atoms. The Morgan fingerprint density at radius 2 is 1.80 bits per heavy atom. The number of tetrazole rings is 1. The van der Waals surface area contributed by atoms with Crippen LogP contribution in [0.3, 0.4) is 0 Å². The summed E-state index contributed by atoms with van der Waals surface area (Å²) in [5, 5.41) is 16.4. The summed E-state index contributed by atoms with van der Waals surface area (Å²) in [4.78, 5) is 12.3.